The maximum absolute atomic E-state index is 12.2. The molecule has 42 heavy (non-hydrogen) atoms. The van der Waals surface area contributed by atoms with E-state index in [-0.39, 0.29) is 11.4 Å². The summed E-state index contributed by atoms with van der Waals surface area (Å²) in [5.74, 6) is 2.16. The van der Waals surface area contributed by atoms with Crippen LogP contribution in [0.2, 0.25) is 0 Å². The summed E-state index contributed by atoms with van der Waals surface area (Å²) in [5.41, 5.74) is 2.63. The van der Waals surface area contributed by atoms with Crippen LogP contribution >= 0.6 is 23.2 Å². The third-order valence-electron chi connectivity index (χ3n) is 7.92. The van der Waals surface area contributed by atoms with Crippen LogP contribution in [0.4, 0.5) is 0 Å². The van der Waals surface area contributed by atoms with Gasteiger partial charge < -0.3 is 19.7 Å². The van der Waals surface area contributed by atoms with Crippen LogP contribution in [-0.2, 0) is 27.2 Å². The SMILES string of the molecule is C=CC(=O)N1CCN(CCCc2nc3c(=C4C(Cl)=C(OC)C=C(OC)C4Cl)cc4c(n3n2)=NC(=NC)NC4)C(C)(C)C1. The zero-order valence-corrected chi connectivity index (χ0v) is 26.1. The van der Waals surface area contributed by atoms with Crippen LogP contribution in [0.25, 0.3) is 11.2 Å². The van der Waals surface area contributed by atoms with Crippen LogP contribution in [0.1, 0.15) is 31.7 Å². The number of nitrogens with one attached hydrogen (secondary N) is 1. The number of alkyl halides is 1. The molecule has 0 aromatic carbocycles. The average molecular weight is 616 g/mol. The molecule has 0 bridgehead atoms. The number of halogens is 2. The summed E-state index contributed by atoms with van der Waals surface area (Å²) in [6.45, 7) is 11.4. The van der Waals surface area contributed by atoms with Crippen molar-refractivity contribution in [3.8, 4) is 0 Å². The molecule has 1 fully saturated rings. The second-order valence-corrected chi connectivity index (χ2v) is 11.8. The van der Waals surface area contributed by atoms with Crippen LogP contribution in [-0.4, -0.2) is 94.6 Å². The maximum Gasteiger partial charge on any atom is 0.246 e. The third kappa shape index (κ3) is 5.52. The lowest BCUT2D eigenvalue weighted by atomic mass is 9.98. The van der Waals surface area contributed by atoms with E-state index in [1.54, 1.807) is 31.9 Å². The lowest BCUT2D eigenvalue weighted by molar-refractivity contribution is -0.131. The van der Waals surface area contributed by atoms with Crippen molar-refractivity contribution in [1.29, 1.82) is 0 Å². The largest absolute Gasteiger partial charge is 0.499 e. The van der Waals surface area contributed by atoms with Crippen LogP contribution in [0, 0.1) is 0 Å². The maximum atomic E-state index is 12.2. The Morgan fingerprint density at radius 2 is 2.10 bits per heavy atom. The van der Waals surface area contributed by atoms with Crippen LogP contribution in [0.15, 0.2) is 51.3 Å². The van der Waals surface area contributed by atoms with Crippen molar-refractivity contribution in [1.82, 2.24) is 29.7 Å². The van der Waals surface area contributed by atoms with E-state index in [0.717, 1.165) is 30.3 Å². The smallest absolute Gasteiger partial charge is 0.246 e. The number of guanidine groups is 1. The Kier molecular flexibility index (Phi) is 8.63. The summed E-state index contributed by atoms with van der Waals surface area (Å²) < 4.78 is 12.9. The van der Waals surface area contributed by atoms with Gasteiger partial charge in [-0.1, -0.05) is 18.2 Å². The minimum Gasteiger partial charge on any atom is -0.499 e. The molecular formula is C29H36Cl2N8O3. The molecule has 11 nitrogen and oxygen atoms in total. The van der Waals surface area contributed by atoms with E-state index in [1.165, 1.54) is 6.08 Å². The molecule has 1 unspecified atom stereocenters. The van der Waals surface area contributed by atoms with Gasteiger partial charge in [-0.2, -0.15) is 9.51 Å². The first kappa shape index (κ1) is 30.1. The number of carbonyl (C=O) groups excluding carboxylic acids is 1. The average Bonchev–Trinajstić information content (AvgIpc) is 3.42. The molecule has 224 valence electrons. The summed E-state index contributed by atoms with van der Waals surface area (Å²) in [6.07, 6.45) is 4.58. The highest BCUT2D eigenvalue weighted by Gasteiger charge is 2.35. The summed E-state index contributed by atoms with van der Waals surface area (Å²) in [5, 5.41) is 8.58. The van der Waals surface area contributed by atoms with E-state index < -0.39 is 5.38 Å². The van der Waals surface area contributed by atoms with Gasteiger partial charge in [0.1, 0.15) is 16.9 Å². The van der Waals surface area contributed by atoms with Crippen molar-refractivity contribution in [2.24, 2.45) is 9.98 Å². The first-order valence-electron chi connectivity index (χ1n) is 13.8. The van der Waals surface area contributed by atoms with E-state index in [4.69, 9.17) is 47.8 Å². The second kappa shape index (κ2) is 12.1. The van der Waals surface area contributed by atoms with E-state index in [0.29, 0.717) is 71.1 Å². The number of hydrogen-bond donors (Lipinski definition) is 1. The normalized spacial score (nSPS) is 22.8. The summed E-state index contributed by atoms with van der Waals surface area (Å²) in [4.78, 5) is 30.3. The van der Waals surface area contributed by atoms with Crippen molar-refractivity contribution >= 4 is 46.3 Å². The van der Waals surface area contributed by atoms with Gasteiger partial charge in [-0.05, 0) is 39.0 Å². The minimum atomic E-state index is -0.654. The van der Waals surface area contributed by atoms with Gasteiger partial charge in [-0.15, -0.1) is 16.7 Å². The molecule has 5 rings (SSSR count). The Hall–Kier alpha value is -3.41. The zero-order chi connectivity index (χ0) is 30.2. The number of nitrogens with zero attached hydrogens (tertiary/aromatic N) is 7. The van der Waals surface area contributed by atoms with Gasteiger partial charge >= 0.3 is 0 Å². The van der Waals surface area contributed by atoms with Crippen molar-refractivity contribution in [3.05, 3.63) is 63.4 Å². The van der Waals surface area contributed by atoms with Crippen molar-refractivity contribution in [2.45, 2.75) is 44.1 Å². The van der Waals surface area contributed by atoms with Gasteiger partial charge in [-0.25, -0.2) is 4.98 Å². The Balaban J connectivity index is 1.53. The highest BCUT2D eigenvalue weighted by atomic mass is 35.5. The number of hydrogen-bond acceptors (Lipinski definition) is 7. The summed E-state index contributed by atoms with van der Waals surface area (Å²) in [7, 11) is 4.81. The third-order valence-corrected chi connectivity index (χ3v) is 8.75. The Morgan fingerprint density at radius 1 is 1.31 bits per heavy atom. The number of pyridine rings is 1. The molecule has 0 saturated carbocycles. The molecule has 1 N–H and O–H groups in total. The monoisotopic (exact) mass is 614 g/mol. The number of methoxy groups -OCH3 is 2. The molecule has 1 saturated heterocycles. The predicted molar refractivity (Wildman–Crippen MR) is 163 cm³/mol. The highest BCUT2D eigenvalue weighted by Crippen LogP contribution is 2.36. The lowest BCUT2D eigenvalue weighted by Crippen LogP contribution is -2.60. The minimum absolute atomic E-state index is 0.0247. The number of fused-ring (bicyclic) bond motifs is 3. The summed E-state index contributed by atoms with van der Waals surface area (Å²) >= 11 is 13.8. The van der Waals surface area contributed by atoms with Crippen molar-refractivity contribution < 1.29 is 14.3 Å². The molecule has 1 atom stereocenters. The first-order chi connectivity index (χ1) is 20.1. The number of piperazine rings is 1. The van der Waals surface area contributed by atoms with Crippen LogP contribution in [0.5, 0.6) is 0 Å². The van der Waals surface area contributed by atoms with Crippen molar-refractivity contribution in [2.75, 3.05) is 47.4 Å². The number of carbonyl (C=O) groups is 1. The number of aliphatic imine (C=N–C) groups is 1. The second-order valence-electron chi connectivity index (χ2n) is 11.0. The molecule has 0 radical (unpaired) electrons. The first-order valence-corrected chi connectivity index (χ1v) is 14.6. The van der Waals surface area contributed by atoms with Gasteiger partial charge in [-0.3, -0.25) is 14.7 Å². The molecule has 1 aliphatic carbocycles. The molecule has 1 amide bonds. The fourth-order valence-electron chi connectivity index (χ4n) is 5.68. The fraction of sp³-hybridized carbons (Fsp3) is 0.483. The molecule has 2 aromatic rings. The van der Waals surface area contributed by atoms with E-state index in [1.807, 2.05) is 11.0 Å². The summed E-state index contributed by atoms with van der Waals surface area (Å²) in [6, 6.07) is 2.00. The molecule has 3 aliphatic rings. The van der Waals surface area contributed by atoms with E-state index in [9.17, 15) is 4.79 Å². The van der Waals surface area contributed by atoms with Gasteiger partial charge in [0.25, 0.3) is 0 Å². The molecule has 13 heteroatoms. The van der Waals surface area contributed by atoms with Gasteiger partial charge in [0.05, 0.1) is 19.3 Å². The molecular weight excluding hydrogens is 579 g/mol. The van der Waals surface area contributed by atoms with Gasteiger partial charge in [0.2, 0.25) is 11.9 Å². The fourth-order valence-corrected chi connectivity index (χ4v) is 6.46. The standard InChI is InChI=1S/C29H36Cl2N8O3/c1-7-22(40)37-11-12-38(29(2,3)16-37)10-8-9-21-34-27-18(23-24(30)19(41-5)14-20(42-6)25(23)31)13-17-15-33-28(32-4)35-26(17)39(27)36-21/h7,13-14,24H,1,8-12,15-16H2,2-6H3,(H,32,33). The van der Waals surface area contributed by atoms with Gasteiger partial charge in [0.15, 0.2) is 17.0 Å². The number of allylic oxidation sites excluding steroid dienone is 3. The number of ether oxygens (including phenoxy) is 2. The molecule has 2 aromatic heterocycles. The van der Waals surface area contributed by atoms with E-state index in [2.05, 4.69) is 35.6 Å². The molecule has 2 aliphatic heterocycles. The number of aryl methyl sites for hydroxylation is 1. The quantitative estimate of drug-likeness (QED) is 0.375. The highest BCUT2D eigenvalue weighted by molar-refractivity contribution is 6.41. The van der Waals surface area contributed by atoms with Crippen molar-refractivity contribution in [3.63, 3.8) is 0 Å². The Labute approximate surface area is 254 Å². The Morgan fingerprint density at radius 3 is 2.76 bits per heavy atom. The predicted octanol–water partition coefficient (Wildman–Crippen LogP) is 1.88. The number of aromatic nitrogens is 3. The molecule has 4 heterocycles. The zero-order valence-electron chi connectivity index (χ0n) is 24.6. The number of rotatable bonds is 7. The Bertz CT molecular complexity index is 1640. The topological polar surface area (TPSA) is 109 Å². The van der Waals surface area contributed by atoms with Crippen LogP contribution in [0.3, 0.4) is 0 Å². The van der Waals surface area contributed by atoms with E-state index >= 15 is 0 Å². The molecule has 0 spiro atoms. The van der Waals surface area contributed by atoms with Crippen LogP contribution < -0.4 is 16.0 Å². The number of amides is 1. The van der Waals surface area contributed by atoms with Gasteiger partial charge in [0, 0.05) is 67.6 Å². The lowest BCUT2D eigenvalue weighted by Gasteiger charge is -2.47.